The zero-order valence-corrected chi connectivity index (χ0v) is 11.3. The summed E-state index contributed by atoms with van der Waals surface area (Å²) in [6.45, 7) is 0. The van der Waals surface area contributed by atoms with Crippen LogP contribution in [0.4, 0.5) is 0 Å². The zero-order chi connectivity index (χ0) is 13.1. The average molecular weight is 289 g/mol. The van der Waals surface area contributed by atoms with Gasteiger partial charge in [-0.3, -0.25) is 0 Å². The molecule has 6 heteroatoms. The van der Waals surface area contributed by atoms with Crippen LogP contribution in [0, 0.1) is 0 Å². The zero-order valence-electron chi connectivity index (χ0n) is 9.77. The molecule has 0 saturated carbocycles. The maximum atomic E-state index is 6.41. The van der Waals surface area contributed by atoms with Crippen molar-refractivity contribution in [2.24, 2.45) is 0 Å². The molecule has 3 aromatic rings. The molecule has 2 aromatic heterocycles. The molecule has 0 amide bonds. The highest BCUT2D eigenvalue weighted by atomic mass is 35.5. The molecule has 4 nitrogen and oxygen atoms in total. The van der Waals surface area contributed by atoms with Gasteiger partial charge >= 0.3 is 0 Å². The summed E-state index contributed by atoms with van der Waals surface area (Å²) in [5, 5.41) is 9.55. The van der Waals surface area contributed by atoms with Gasteiger partial charge in [0, 0.05) is 18.0 Å². The lowest BCUT2D eigenvalue weighted by atomic mass is 10.1. The lowest BCUT2D eigenvalue weighted by Crippen LogP contribution is -1.91. The predicted octanol–water partition coefficient (Wildman–Crippen LogP) is 3.32. The second kappa shape index (κ2) is 5.42. The van der Waals surface area contributed by atoms with Crippen LogP contribution in [0.5, 0.6) is 0 Å². The molecule has 19 heavy (non-hydrogen) atoms. The standard InChI is InChI=1S/C13H9ClN4S/c14-11(9-4-2-1-3-5-9)13-18-17-12(19-13)10-6-15-8-16-7-10/h1-8,11H. The Morgan fingerprint density at radius 2 is 1.74 bits per heavy atom. The van der Waals surface area contributed by atoms with Gasteiger partial charge in [-0.15, -0.1) is 21.8 Å². The van der Waals surface area contributed by atoms with E-state index in [0.29, 0.717) is 0 Å². The predicted molar refractivity (Wildman–Crippen MR) is 75.1 cm³/mol. The van der Waals surface area contributed by atoms with Crippen molar-refractivity contribution < 1.29 is 0 Å². The summed E-state index contributed by atoms with van der Waals surface area (Å²) in [6.07, 6.45) is 4.91. The van der Waals surface area contributed by atoms with Crippen LogP contribution >= 0.6 is 22.9 Å². The molecule has 0 fully saturated rings. The fourth-order valence-electron chi connectivity index (χ4n) is 1.63. The third-order valence-electron chi connectivity index (χ3n) is 2.56. The molecule has 0 saturated heterocycles. The molecule has 0 radical (unpaired) electrons. The van der Waals surface area contributed by atoms with Crippen molar-refractivity contribution in [2.75, 3.05) is 0 Å². The van der Waals surface area contributed by atoms with Crippen molar-refractivity contribution >= 4 is 22.9 Å². The van der Waals surface area contributed by atoms with Gasteiger partial charge < -0.3 is 0 Å². The van der Waals surface area contributed by atoms with Gasteiger partial charge in [0.2, 0.25) is 0 Å². The minimum Gasteiger partial charge on any atom is -0.244 e. The van der Waals surface area contributed by atoms with Crippen LogP contribution in [-0.2, 0) is 0 Å². The molecule has 0 aliphatic carbocycles. The summed E-state index contributed by atoms with van der Waals surface area (Å²) in [6, 6.07) is 9.82. The van der Waals surface area contributed by atoms with E-state index in [1.54, 1.807) is 12.4 Å². The fraction of sp³-hybridized carbons (Fsp3) is 0.0769. The van der Waals surface area contributed by atoms with E-state index < -0.39 is 0 Å². The van der Waals surface area contributed by atoms with E-state index in [1.165, 1.54) is 17.7 Å². The molecule has 3 rings (SSSR count). The highest BCUT2D eigenvalue weighted by Crippen LogP contribution is 2.33. The molecule has 0 bridgehead atoms. The molecule has 94 valence electrons. The summed E-state index contributed by atoms with van der Waals surface area (Å²) in [5.74, 6) is 0. The van der Waals surface area contributed by atoms with Crippen LogP contribution in [0.2, 0.25) is 0 Å². The summed E-state index contributed by atoms with van der Waals surface area (Å²) in [7, 11) is 0. The van der Waals surface area contributed by atoms with E-state index in [1.807, 2.05) is 30.3 Å². The van der Waals surface area contributed by atoms with Crippen LogP contribution in [0.1, 0.15) is 15.9 Å². The molecular weight excluding hydrogens is 280 g/mol. The van der Waals surface area contributed by atoms with Gasteiger partial charge in [-0.2, -0.15) is 0 Å². The third-order valence-corrected chi connectivity index (χ3v) is 4.18. The monoisotopic (exact) mass is 288 g/mol. The molecule has 0 N–H and O–H groups in total. The van der Waals surface area contributed by atoms with E-state index >= 15 is 0 Å². The Balaban J connectivity index is 1.90. The SMILES string of the molecule is ClC(c1ccccc1)c1nnc(-c2cncnc2)s1. The van der Waals surface area contributed by atoms with E-state index in [9.17, 15) is 0 Å². The van der Waals surface area contributed by atoms with E-state index in [2.05, 4.69) is 20.2 Å². The molecule has 2 heterocycles. The molecule has 1 unspecified atom stereocenters. The fourth-order valence-corrected chi connectivity index (χ4v) is 2.77. The summed E-state index contributed by atoms with van der Waals surface area (Å²) >= 11 is 7.86. The molecular formula is C13H9ClN4S. The minimum absolute atomic E-state index is 0.280. The van der Waals surface area contributed by atoms with Crippen molar-refractivity contribution in [3.8, 4) is 10.6 Å². The van der Waals surface area contributed by atoms with Crippen LogP contribution in [0.3, 0.4) is 0 Å². The minimum atomic E-state index is -0.280. The number of rotatable bonds is 3. The maximum absolute atomic E-state index is 6.41. The third kappa shape index (κ3) is 2.62. The van der Waals surface area contributed by atoms with E-state index in [-0.39, 0.29) is 5.38 Å². The van der Waals surface area contributed by atoms with Crippen LogP contribution < -0.4 is 0 Å². The summed E-state index contributed by atoms with van der Waals surface area (Å²) in [5.41, 5.74) is 1.86. The van der Waals surface area contributed by atoms with E-state index in [4.69, 9.17) is 11.6 Å². The average Bonchev–Trinajstić information content (AvgIpc) is 2.98. The number of halogens is 1. The smallest absolute Gasteiger partial charge is 0.150 e. The van der Waals surface area contributed by atoms with Crippen molar-refractivity contribution in [2.45, 2.75) is 5.38 Å². The van der Waals surface area contributed by atoms with Gasteiger partial charge in [-0.25, -0.2) is 9.97 Å². The highest BCUT2D eigenvalue weighted by molar-refractivity contribution is 7.15. The Kier molecular flexibility index (Phi) is 3.48. The van der Waals surface area contributed by atoms with Gasteiger partial charge in [0.25, 0.3) is 0 Å². The Bertz CT molecular complexity index is 657. The number of nitrogens with zero attached hydrogens (tertiary/aromatic N) is 4. The van der Waals surface area contributed by atoms with Crippen molar-refractivity contribution in [1.29, 1.82) is 0 Å². The molecule has 0 aliphatic rings. The first kappa shape index (κ1) is 12.2. The molecule has 1 aromatic carbocycles. The number of aromatic nitrogens is 4. The van der Waals surface area contributed by atoms with Gasteiger partial charge in [-0.1, -0.05) is 41.7 Å². The second-order valence-electron chi connectivity index (χ2n) is 3.85. The van der Waals surface area contributed by atoms with Gasteiger partial charge in [0.05, 0.1) is 0 Å². The number of benzene rings is 1. The largest absolute Gasteiger partial charge is 0.244 e. The molecule has 1 atom stereocenters. The first-order valence-corrected chi connectivity index (χ1v) is 6.87. The molecule has 0 spiro atoms. The first-order valence-electron chi connectivity index (χ1n) is 5.62. The maximum Gasteiger partial charge on any atom is 0.150 e. The lowest BCUT2D eigenvalue weighted by molar-refractivity contribution is 0.986. The first-order chi connectivity index (χ1) is 9.34. The van der Waals surface area contributed by atoms with Gasteiger partial charge in [-0.05, 0) is 5.56 Å². The van der Waals surface area contributed by atoms with Crippen LogP contribution in [-0.4, -0.2) is 20.2 Å². The summed E-state index contributed by atoms with van der Waals surface area (Å²) < 4.78 is 0. The normalized spacial score (nSPS) is 12.3. The van der Waals surface area contributed by atoms with Gasteiger partial charge in [0.1, 0.15) is 16.7 Å². The quantitative estimate of drug-likeness (QED) is 0.694. The van der Waals surface area contributed by atoms with Gasteiger partial charge in [0.15, 0.2) is 5.01 Å². The van der Waals surface area contributed by atoms with Crippen LogP contribution in [0.25, 0.3) is 10.6 Å². The highest BCUT2D eigenvalue weighted by Gasteiger charge is 2.16. The molecule has 0 aliphatic heterocycles. The Hall–Kier alpha value is -1.85. The van der Waals surface area contributed by atoms with Crippen molar-refractivity contribution in [1.82, 2.24) is 20.2 Å². The number of hydrogen-bond acceptors (Lipinski definition) is 5. The summed E-state index contributed by atoms with van der Waals surface area (Å²) in [4.78, 5) is 7.94. The lowest BCUT2D eigenvalue weighted by Gasteiger charge is -2.04. The number of hydrogen-bond donors (Lipinski definition) is 0. The van der Waals surface area contributed by atoms with Crippen LogP contribution in [0.15, 0.2) is 49.1 Å². The Morgan fingerprint density at radius 3 is 2.47 bits per heavy atom. The van der Waals surface area contributed by atoms with Crippen molar-refractivity contribution in [3.63, 3.8) is 0 Å². The second-order valence-corrected chi connectivity index (χ2v) is 5.29. The van der Waals surface area contributed by atoms with E-state index in [0.717, 1.165) is 21.1 Å². The Morgan fingerprint density at radius 1 is 1.00 bits per heavy atom. The topological polar surface area (TPSA) is 51.6 Å². The number of alkyl halides is 1. The Labute approximate surface area is 119 Å². The van der Waals surface area contributed by atoms with Crippen molar-refractivity contribution in [3.05, 3.63) is 59.6 Å².